The molecule has 134 valence electrons. The average Bonchev–Trinajstić information content (AvgIpc) is 2.92. The number of ether oxygens (including phenoxy) is 2. The summed E-state index contributed by atoms with van der Waals surface area (Å²) in [6.45, 7) is 3.53. The van der Waals surface area contributed by atoms with Crippen LogP contribution >= 0.6 is 11.6 Å². The van der Waals surface area contributed by atoms with E-state index in [-0.39, 0.29) is 24.6 Å². The van der Waals surface area contributed by atoms with Crippen LogP contribution in [0.25, 0.3) is 0 Å². The molecular formula is C18H22ClN3O3. The van der Waals surface area contributed by atoms with Gasteiger partial charge in [0.05, 0.1) is 30.0 Å². The first kappa shape index (κ1) is 17.9. The molecule has 0 aliphatic carbocycles. The molecule has 0 saturated carbocycles. The van der Waals surface area contributed by atoms with Crippen LogP contribution in [0.5, 0.6) is 0 Å². The van der Waals surface area contributed by atoms with Crippen LogP contribution in [0.3, 0.4) is 0 Å². The van der Waals surface area contributed by atoms with Gasteiger partial charge in [-0.25, -0.2) is 0 Å². The fraction of sp³-hybridized carbons (Fsp3) is 0.444. The van der Waals surface area contributed by atoms with Crippen molar-refractivity contribution >= 4 is 17.5 Å². The van der Waals surface area contributed by atoms with Crippen molar-refractivity contribution in [1.29, 1.82) is 0 Å². The average molecular weight is 364 g/mol. The van der Waals surface area contributed by atoms with Crippen LogP contribution in [0.2, 0.25) is 5.02 Å². The lowest BCUT2D eigenvalue weighted by atomic mass is 10.1. The lowest BCUT2D eigenvalue weighted by Gasteiger charge is -2.32. The molecule has 2 aromatic rings. The highest BCUT2D eigenvalue weighted by Crippen LogP contribution is 2.15. The second-order valence-electron chi connectivity index (χ2n) is 6.13. The van der Waals surface area contributed by atoms with Gasteiger partial charge in [-0.2, -0.15) is 5.10 Å². The number of hydrogen-bond acceptors (Lipinski definition) is 4. The Morgan fingerprint density at radius 1 is 1.44 bits per heavy atom. The zero-order valence-corrected chi connectivity index (χ0v) is 14.9. The molecule has 0 radical (unpaired) electrons. The molecule has 3 rings (SSSR count). The molecule has 2 heterocycles. The highest BCUT2D eigenvalue weighted by atomic mass is 35.5. The number of benzene rings is 1. The SMILES string of the molecule is Cc1nn(CC(=O)N[C@@H]2CCOC[C@H]2OCc2ccccc2)cc1Cl. The molecule has 25 heavy (non-hydrogen) atoms. The summed E-state index contributed by atoms with van der Waals surface area (Å²) in [6.07, 6.45) is 2.22. The second-order valence-corrected chi connectivity index (χ2v) is 6.54. The predicted octanol–water partition coefficient (Wildman–Crippen LogP) is 2.34. The molecule has 1 N–H and O–H groups in total. The predicted molar refractivity (Wildman–Crippen MR) is 94.4 cm³/mol. The Balaban J connectivity index is 1.54. The number of hydrogen-bond donors (Lipinski definition) is 1. The van der Waals surface area contributed by atoms with E-state index in [2.05, 4.69) is 10.4 Å². The van der Waals surface area contributed by atoms with Crippen molar-refractivity contribution in [3.05, 3.63) is 52.8 Å². The van der Waals surface area contributed by atoms with Gasteiger partial charge in [0.2, 0.25) is 5.91 Å². The van der Waals surface area contributed by atoms with E-state index in [9.17, 15) is 4.79 Å². The van der Waals surface area contributed by atoms with Crippen LogP contribution in [0, 0.1) is 6.92 Å². The van der Waals surface area contributed by atoms with Crippen molar-refractivity contribution < 1.29 is 14.3 Å². The van der Waals surface area contributed by atoms with Gasteiger partial charge in [0, 0.05) is 12.8 Å². The van der Waals surface area contributed by atoms with Crippen LogP contribution < -0.4 is 5.32 Å². The van der Waals surface area contributed by atoms with Crippen molar-refractivity contribution in [3.8, 4) is 0 Å². The quantitative estimate of drug-likeness (QED) is 0.855. The molecule has 6 nitrogen and oxygen atoms in total. The fourth-order valence-electron chi connectivity index (χ4n) is 2.79. The second kappa shape index (κ2) is 8.47. The van der Waals surface area contributed by atoms with Gasteiger partial charge in [0.1, 0.15) is 12.6 Å². The summed E-state index contributed by atoms with van der Waals surface area (Å²) < 4.78 is 13.0. The van der Waals surface area contributed by atoms with E-state index in [1.54, 1.807) is 10.9 Å². The van der Waals surface area contributed by atoms with E-state index in [1.165, 1.54) is 0 Å². The van der Waals surface area contributed by atoms with Crippen LogP contribution in [0.1, 0.15) is 17.7 Å². The number of carbonyl (C=O) groups is 1. The van der Waals surface area contributed by atoms with Gasteiger partial charge in [-0.3, -0.25) is 9.48 Å². The van der Waals surface area contributed by atoms with Gasteiger partial charge in [-0.15, -0.1) is 0 Å². The third-order valence-electron chi connectivity index (χ3n) is 4.15. The smallest absolute Gasteiger partial charge is 0.242 e. The number of aromatic nitrogens is 2. The van der Waals surface area contributed by atoms with Crippen molar-refractivity contribution in [3.63, 3.8) is 0 Å². The minimum atomic E-state index is -0.166. The zero-order valence-electron chi connectivity index (χ0n) is 14.2. The monoisotopic (exact) mass is 363 g/mol. The van der Waals surface area contributed by atoms with E-state index in [0.717, 1.165) is 12.0 Å². The number of amides is 1. The lowest BCUT2D eigenvalue weighted by Crippen LogP contribution is -2.50. The zero-order chi connectivity index (χ0) is 17.6. The third kappa shape index (κ3) is 5.04. The van der Waals surface area contributed by atoms with Gasteiger partial charge in [-0.05, 0) is 18.9 Å². The van der Waals surface area contributed by atoms with Gasteiger partial charge in [0.25, 0.3) is 0 Å². The van der Waals surface area contributed by atoms with Gasteiger partial charge in [-0.1, -0.05) is 41.9 Å². The lowest BCUT2D eigenvalue weighted by molar-refractivity contribution is -0.127. The normalized spacial score (nSPS) is 20.4. The van der Waals surface area contributed by atoms with Crippen LogP contribution in [-0.2, 0) is 27.4 Å². The Bertz CT molecular complexity index is 685. The number of nitrogens with zero attached hydrogens (tertiary/aromatic N) is 2. The number of carbonyl (C=O) groups excluding carboxylic acids is 1. The van der Waals surface area contributed by atoms with E-state index >= 15 is 0 Å². The molecule has 2 atom stereocenters. The number of nitrogens with one attached hydrogen (secondary N) is 1. The van der Waals surface area contributed by atoms with Crippen LogP contribution in [-0.4, -0.2) is 41.0 Å². The molecule has 1 amide bonds. The molecule has 7 heteroatoms. The molecule has 0 spiro atoms. The first-order valence-corrected chi connectivity index (χ1v) is 8.72. The Hall–Kier alpha value is -1.89. The van der Waals surface area contributed by atoms with E-state index < -0.39 is 0 Å². The molecule has 1 aliphatic rings. The molecule has 0 bridgehead atoms. The van der Waals surface area contributed by atoms with Gasteiger partial charge < -0.3 is 14.8 Å². The number of halogens is 1. The molecule has 1 saturated heterocycles. The topological polar surface area (TPSA) is 65.4 Å². The molecular weight excluding hydrogens is 342 g/mol. The Labute approximate surface area is 152 Å². The summed E-state index contributed by atoms with van der Waals surface area (Å²) in [5.41, 5.74) is 1.81. The first-order chi connectivity index (χ1) is 12.1. The number of aryl methyl sites for hydroxylation is 1. The minimum absolute atomic E-state index is 0.0721. The highest BCUT2D eigenvalue weighted by Gasteiger charge is 2.28. The number of rotatable bonds is 6. The summed E-state index contributed by atoms with van der Waals surface area (Å²) in [4.78, 5) is 12.3. The van der Waals surface area contributed by atoms with Crippen molar-refractivity contribution in [2.45, 2.75) is 38.6 Å². The van der Waals surface area contributed by atoms with Crippen LogP contribution in [0.15, 0.2) is 36.5 Å². The summed E-state index contributed by atoms with van der Waals surface area (Å²) in [5.74, 6) is -0.112. The largest absolute Gasteiger partial charge is 0.379 e. The van der Waals surface area contributed by atoms with E-state index in [4.69, 9.17) is 21.1 Å². The molecule has 1 aromatic heterocycles. The van der Waals surface area contributed by atoms with Crippen molar-refractivity contribution in [2.75, 3.05) is 13.2 Å². The highest BCUT2D eigenvalue weighted by molar-refractivity contribution is 6.31. The van der Waals surface area contributed by atoms with Crippen molar-refractivity contribution in [2.24, 2.45) is 0 Å². The first-order valence-electron chi connectivity index (χ1n) is 8.34. The summed E-state index contributed by atoms with van der Waals surface area (Å²) in [6, 6.07) is 9.89. The van der Waals surface area contributed by atoms with Gasteiger partial charge >= 0.3 is 0 Å². The standard InChI is InChI=1S/C18H22ClN3O3/c1-13-15(19)9-22(21-13)10-18(23)20-16-7-8-24-12-17(16)25-11-14-5-3-2-4-6-14/h2-6,9,16-17H,7-8,10-12H2,1H3,(H,20,23)/t16-,17-/m1/s1. The Morgan fingerprint density at radius 2 is 2.24 bits per heavy atom. The summed E-state index contributed by atoms with van der Waals surface area (Å²) in [7, 11) is 0. The molecule has 1 aromatic carbocycles. The van der Waals surface area contributed by atoms with Gasteiger partial charge in [0.15, 0.2) is 0 Å². The molecule has 1 aliphatic heterocycles. The van der Waals surface area contributed by atoms with E-state index in [1.807, 2.05) is 37.3 Å². The Morgan fingerprint density at radius 3 is 2.96 bits per heavy atom. The molecule has 1 fully saturated rings. The third-order valence-corrected chi connectivity index (χ3v) is 4.52. The van der Waals surface area contributed by atoms with Crippen LogP contribution in [0.4, 0.5) is 0 Å². The van der Waals surface area contributed by atoms with Crippen molar-refractivity contribution in [1.82, 2.24) is 15.1 Å². The fourth-order valence-corrected chi connectivity index (χ4v) is 2.94. The summed E-state index contributed by atoms with van der Waals surface area (Å²) in [5, 5.41) is 7.80. The maximum atomic E-state index is 12.3. The maximum Gasteiger partial charge on any atom is 0.242 e. The minimum Gasteiger partial charge on any atom is -0.379 e. The Kier molecular flexibility index (Phi) is 6.07. The maximum absolute atomic E-state index is 12.3. The summed E-state index contributed by atoms with van der Waals surface area (Å²) >= 11 is 5.98. The molecule has 0 unspecified atom stereocenters. The van der Waals surface area contributed by atoms with E-state index in [0.29, 0.717) is 30.5 Å².